The molecule has 0 saturated carbocycles. The predicted molar refractivity (Wildman–Crippen MR) is 132 cm³/mol. The highest BCUT2D eigenvalue weighted by atomic mass is 32.2. The molecule has 2 aliphatic rings. The summed E-state index contributed by atoms with van der Waals surface area (Å²) in [6, 6.07) is 6.62. The Hall–Kier alpha value is -2.56. The van der Waals surface area contributed by atoms with Crippen LogP contribution in [0.2, 0.25) is 0 Å². The van der Waals surface area contributed by atoms with Crippen molar-refractivity contribution >= 4 is 22.9 Å². The van der Waals surface area contributed by atoms with Crippen molar-refractivity contribution in [1.29, 1.82) is 0 Å². The first-order chi connectivity index (χ1) is 16.8. The number of carbonyl (C=O) groups excluding carboxylic acids is 2. The number of benzene rings is 1. The minimum Gasteiger partial charge on any atom is -0.462 e. The molecule has 9 nitrogen and oxygen atoms in total. The van der Waals surface area contributed by atoms with Gasteiger partial charge in [-0.05, 0) is 82.8 Å². The number of fused-ring (bicyclic) bond motifs is 1. The molecule has 1 saturated heterocycles. The quantitative estimate of drug-likeness (QED) is 0.439. The molecule has 1 atom stereocenters. The average Bonchev–Trinajstić information content (AvgIpc) is 3.15. The number of esters is 1. The first-order valence-corrected chi connectivity index (χ1v) is 13.2. The number of nitrogens with one attached hydrogen (secondary N) is 1. The van der Waals surface area contributed by atoms with E-state index in [1.807, 2.05) is 6.92 Å². The van der Waals surface area contributed by atoms with Gasteiger partial charge in [-0.1, -0.05) is 0 Å². The van der Waals surface area contributed by atoms with Gasteiger partial charge in [-0.2, -0.15) is 5.10 Å². The van der Waals surface area contributed by atoms with Crippen LogP contribution < -0.4 is 5.32 Å². The molecule has 1 fully saturated rings. The minimum absolute atomic E-state index is 0.00436. The van der Waals surface area contributed by atoms with E-state index in [1.54, 1.807) is 47.3 Å². The van der Waals surface area contributed by atoms with Crippen LogP contribution in [0.4, 0.5) is 0 Å². The van der Waals surface area contributed by atoms with Gasteiger partial charge in [0.25, 0.3) is 5.91 Å². The second-order valence-electron chi connectivity index (χ2n) is 9.39. The predicted octanol–water partition coefficient (Wildman–Crippen LogP) is 2.36. The molecule has 1 aromatic heterocycles. The van der Waals surface area contributed by atoms with E-state index in [1.165, 1.54) is 0 Å². The molecule has 1 spiro atoms. The van der Waals surface area contributed by atoms with Gasteiger partial charge < -0.3 is 14.8 Å². The fourth-order valence-corrected chi connectivity index (χ4v) is 5.56. The number of amides is 1. The maximum Gasteiger partial charge on any atom is 0.338 e. The van der Waals surface area contributed by atoms with Crippen LogP contribution in [-0.2, 0) is 39.8 Å². The summed E-state index contributed by atoms with van der Waals surface area (Å²) < 4.78 is 26.6. The van der Waals surface area contributed by atoms with Gasteiger partial charge >= 0.3 is 5.97 Å². The zero-order valence-electron chi connectivity index (χ0n) is 20.7. The zero-order valence-corrected chi connectivity index (χ0v) is 21.5. The van der Waals surface area contributed by atoms with Crippen molar-refractivity contribution in [3.05, 3.63) is 46.8 Å². The number of hydrogen-bond acceptors (Lipinski definition) is 6. The van der Waals surface area contributed by atoms with Gasteiger partial charge in [0.2, 0.25) is 0 Å². The first-order valence-electron chi connectivity index (χ1n) is 12.1. The zero-order chi connectivity index (χ0) is 25.0. The maximum atomic E-state index is 12.9. The summed E-state index contributed by atoms with van der Waals surface area (Å²) in [5.74, 6) is -0.473. The summed E-state index contributed by atoms with van der Waals surface area (Å²) in [5, 5.41) is 7.87. The third-order valence-electron chi connectivity index (χ3n) is 6.79. The fraction of sp³-hybridized carbons (Fsp3) is 0.560. The highest BCUT2D eigenvalue weighted by Gasteiger charge is 2.39. The van der Waals surface area contributed by atoms with Crippen LogP contribution in [0.15, 0.2) is 29.2 Å². The van der Waals surface area contributed by atoms with Gasteiger partial charge in [-0.3, -0.25) is 9.48 Å². The molecular formula is C25H34N4O5S. The van der Waals surface area contributed by atoms with E-state index >= 15 is 0 Å². The SMILES string of the molecule is CCn1nc(CCCOC(=O)c2ccc(S(=O)N(C)C)cc2)c2c1C(=O)NCC1(CCOCC1)C2. The second-order valence-corrected chi connectivity index (χ2v) is 11.1. The molecule has 1 aromatic carbocycles. The van der Waals surface area contributed by atoms with E-state index in [2.05, 4.69) is 5.32 Å². The molecule has 190 valence electrons. The molecule has 10 heteroatoms. The molecule has 0 aliphatic carbocycles. The Morgan fingerprint density at radius 2 is 1.97 bits per heavy atom. The molecule has 2 aromatic rings. The Morgan fingerprint density at radius 1 is 1.26 bits per heavy atom. The van der Waals surface area contributed by atoms with E-state index in [-0.39, 0.29) is 17.9 Å². The maximum absolute atomic E-state index is 12.9. The Bertz CT molecular complexity index is 1090. The van der Waals surface area contributed by atoms with Crippen LogP contribution in [0.25, 0.3) is 0 Å². The molecular weight excluding hydrogens is 468 g/mol. The van der Waals surface area contributed by atoms with Crippen molar-refractivity contribution in [2.24, 2.45) is 5.41 Å². The van der Waals surface area contributed by atoms with E-state index < -0.39 is 17.0 Å². The lowest BCUT2D eigenvalue weighted by molar-refractivity contribution is 0.0160. The van der Waals surface area contributed by atoms with Gasteiger partial charge in [0.05, 0.1) is 22.8 Å². The summed E-state index contributed by atoms with van der Waals surface area (Å²) in [5.41, 5.74) is 3.03. The summed E-state index contributed by atoms with van der Waals surface area (Å²) in [6.07, 6.45) is 3.88. The molecule has 1 N–H and O–H groups in total. The lowest BCUT2D eigenvalue weighted by Crippen LogP contribution is -2.40. The van der Waals surface area contributed by atoms with Crippen molar-refractivity contribution in [3.63, 3.8) is 0 Å². The van der Waals surface area contributed by atoms with E-state index in [9.17, 15) is 13.8 Å². The number of aryl methyl sites for hydroxylation is 2. The highest BCUT2D eigenvalue weighted by Crippen LogP contribution is 2.37. The van der Waals surface area contributed by atoms with Crippen molar-refractivity contribution < 1.29 is 23.3 Å². The third kappa shape index (κ3) is 5.65. The second kappa shape index (κ2) is 11.0. The number of ether oxygens (including phenoxy) is 2. The normalized spacial score (nSPS) is 18.1. The standard InChI is InChI=1S/C25H34N4O5S/c1-4-29-22-20(16-25(17-26-23(22)30)11-14-33-15-12-25)21(27-29)6-5-13-34-24(31)18-7-9-19(10-8-18)35(32)28(2)3/h7-10H,4-6,11-17H2,1-3H3,(H,26,30). The molecule has 1 amide bonds. The number of aromatic nitrogens is 2. The smallest absolute Gasteiger partial charge is 0.338 e. The van der Waals surface area contributed by atoms with E-state index in [0.717, 1.165) is 30.5 Å². The van der Waals surface area contributed by atoms with Crippen LogP contribution in [0, 0.1) is 5.41 Å². The van der Waals surface area contributed by atoms with Crippen molar-refractivity contribution in [1.82, 2.24) is 19.4 Å². The molecule has 1 unspecified atom stereocenters. The van der Waals surface area contributed by atoms with Crippen LogP contribution in [0.5, 0.6) is 0 Å². The van der Waals surface area contributed by atoms with Gasteiger partial charge in [0.1, 0.15) is 16.7 Å². The monoisotopic (exact) mass is 502 g/mol. The molecule has 4 rings (SSSR count). The van der Waals surface area contributed by atoms with Crippen LogP contribution in [-0.4, -0.2) is 70.6 Å². The Morgan fingerprint density at radius 3 is 2.63 bits per heavy atom. The molecule has 35 heavy (non-hydrogen) atoms. The minimum atomic E-state index is -1.26. The lowest BCUT2D eigenvalue weighted by Gasteiger charge is -2.36. The van der Waals surface area contributed by atoms with Crippen molar-refractivity contribution in [3.8, 4) is 0 Å². The summed E-state index contributed by atoms with van der Waals surface area (Å²) in [7, 11) is 2.21. The van der Waals surface area contributed by atoms with Crippen molar-refractivity contribution in [2.45, 2.75) is 50.5 Å². The molecule has 0 bridgehead atoms. The average molecular weight is 503 g/mol. The topological polar surface area (TPSA) is 103 Å². The Balaban J connectivity index is 1.39. The fourth-order valence-electron chi connectivity index (χ4n) is 4.77. The van der Waals surface area contributed by atoms with Gasteiger partial charge in [0.15, 0.2) is 0 Å². The Kier molecular flexibility index (Phi) is 8.03. The number of carbonyl (C=O) groups is 2. The van der Waals surface area contributed by atoms with Crippen LogP contribution in [0.3, 0.4) is 0 Å². The highest BCUT2D eigenvalue weighted by molar-refractivity contribution is 7.82. The van der Waals surface area contributed by atoms with Crippen LogP contribution >= 0.6 is 0 Å². The van der Waals surface area contributed by atoms with Gasteiger partial charge in [0, 0.05) is 31.9 Å². The third-order valence-corrected chi connectivity index (χ3v) is 8.13. The number of nitrogens with zero attached hydrogens (tertiary/aromatic N) is 3. The lowest BCUT2D eigenvalue weighted by atomic mass is 9.75. The van der Waals surface area contributed by atoms with E-state index in [0.29, 0.717) is 55.3 Å². The largest absolute Gasteiger partial charge is 0.462 e. The van der Waals surface area contributed by atoms with Crippen LogP contribution in [0.1, 0.15) is 58.3 Å². The first kappa shape index (κ1) is 25.5. The van der Waals surface area contributed by atoms with Crippen molar-refractivity contribution in [2.75, 3.05) is 40.5 Å². The molecule has 2 aliphatic heterocycles. The van der Waals surface area contributed by atoms with Gasteiger partial charge in [-0.15, -0.1) is 0 Å². The molecule has 0 radical (unpaired) electrons. The number of hydrogen-bond donors (Lipinski definition) is 1. The molecule has 3 heterocycles. The summed E-state index contributed by atoms with van der Waals surface area (Å²) in [4.78, 5) is 26.0. The van der Waals surface area contributed by atoms with Gasteiger partial charge in [-0.25, -0.2) is 13.3 Å². The summed E-state index contributed by atoms with van der Waals surface area (Å²) in [6.45, 7) is 4.94. The number of rotatable bonds is 8. The summed E-state index contributed by atoms with van der Waals surface area (Å²) >= 11 is 0. The Labute approximate surface area is 208 Å². The van der Waals surface area contributed by atoms with E-state index in [4.69, 9.17) is 14.6 Å².